The highest BCUT2D eigenvalue weighted by Gasteiger charge is 2.44. The number of hydrogen-bond acceptors (Lipinski definition) is 4. The van der Waals surface area contributed by atoms with Gasteiger partial charge in [-0.05, 0) is 23.5 Å². The van der Waals surface area contributed by atoms with Crippen molar-refractivity contribution in [3.63, 3.8) is 0 Å². The Kier molecular flexibility index (Phi) is 7.28. The second-order valence-electron chi connectivity index (χ2n) is 9.66. The maximum atomic E-state index is 14.1. The normalized spacial score (nSPS) is 18.1. The Bertz CT molecular complexity index is 1120. The van der Waals surface area contributed by atoms with E-state index in [-0.39, 0.29) is 29.8 Å². The van der Waals surface area contributed by atoms with Crippen molar-refractivity contribution < 1.29 is 32.4 Å². The summed E-state index contributed by atoms with van der Waals surface area (Å²) in [7, 11) is 0. The van der Waals surface area contributed by atoms with Crippen LogP contribution >= 0.6 is 0 Å². The van der Waals surface area contributed by atoms with Crippen LogP contribution in [0.2, 0.25) is 0 Å². The number of aliphatic hydroxyl groups excluding tert-OH is 1. The van der Waals surface area contributed by atoms with E-state index in [0.717, 1.165) is 0 Å². The number of hydrogen-bond donors (Lipinski definition) is 3. The Labute approximate surface area is 196 Å². The highest BCUT2D eigenvalue weighted by atomic mass is 19.1. The molecule has 9 heteroatoms. The van der Waals surface area contributed by atoms with Crippen molar-refractivity contribution in [3.05, 3.63) is 59.4 Å². The standard InChI is InChI=1S/C25H28F3N3O3/c1-13(14-5-7-15(8-6-14)21-18(27)9-16(26)10-19(21)28)30-23(33)20-11-17(32)12-31(20)24(34)22(29)25(2,3)4/h5-10,13,17,22,32H,11-12,29H2,1-4H3/p+1/t13-,17+,22+/m0/s1. The van der Waals surface area contributed by atoms with Gasteiger partial charge in [0, 0.05) is 12.1 Å². The van der Waals surface area contributed by atoms with E-state index in [4.69, 9.17) is 5.73 Å². The van der Waals surface area contributed by atoms with Crippen molar-refractivity contribution >= 4 is 17.5 Å². The van der Waals surface area contributed by atoms with Crippen LogP contribution < -0.4 is 11.1 Å². The predicted molar refractivity (Wildman–Crippen MR) is 122 cm³/mol. The first-order chi connectivity index (χ1) is 15.8. The van der Waals surface area contributed by atoms with E-state index in [1.807, 2.05) is 20.8 Å². The summed E-state index contributed by atoms with van der Waals surface area (Å²) in [6, 6.07) is 6.00. The fourth-order valence-electron chi connectivity index (χ4n) is 3.82. The first kappa shape index (κ1) is 25.6. The summed E-state index contributed by atoms with van der Waals surface area (Å²) < 4.78 is 42.5. The smallest absolute Gasteiger partial charge is 0.386 e. The van der Waals surface area contributed by atoms with Gasteiger partial charge in [0.05, 0.1) is 18.0 Å². The molecule has 0 radical (unpaired) electrons. The highest BCUT2D eigenvalue weighted by molar-refractivity contribution is 6.38. The first-order valence-corrected chi connectivity index (χ1v) is 11.0. The number of nitrogens with two attached hydrogens (primary N) is 1. The average molecular weight is 477 g/mol. The first-order valence-electron chi connectivity index (χ1n) is 11.0. The summed E-state index contributed by atoms with van der Waals surface area (Å²) >= 11 is 0. The predicted octanol–water partition coefficient (Wildman–Crippen LogP) is 3.07. The van der Waals surface area contributed by atoms with Crippen molar-refractivity contribution in [2.45, 2.75) is 52.3 Å². The number of halogens is 3. The molecule has 2 aromatic carbocycles. The molecule has 3 atom stereocenters. The number of nitrogens with zero attached hydrogens (tertiary/aromatic N) is 1. The third-order valence-corrected chi connectivity index (χ3v) is 5.93. The summed E-state index contributed by atoms with van der Waals surface area (Å²) in [4.78, 5) is 25.8. The fourth-order valence-corrected chi connectivity index (χ4v) is 3.82. The van der Waals surface area contributed by atoms with Crippen LogP contribution in [0.3, 0.4) is 0 Å². The lowest BCUT2D eigenvalue weighted by molar-refractivity contribution is -0.450. The number of amides is 2. The molecule has 6 nitrogen and oxygen atoms in total. The van der Waals surface area contributed by atoms with Crippen LogP contribution in [0.15, 0.2) is 36.4 Å². The number of nitrogens with one attached hydrogen (secondary N) is 1. The van der Waals surface area contributed by atoms with Crippen molar-refractivity contribution in [2.75, 3.05) is 6.54 Å². The van der Waals surface area contributed by atoms with Crippen LogP contribution in [0.1, 0.15) is 45.7 Å². The molecule has 0 saturated heterocycles. The van der Waals surface area contributed by atoms with Crippen LogP contribution in [0, 0.1) is 22.9 Å². The molecule has 1 heterocycles. The van der Waals surface area contributed by atoms with Gasteiger partial charge in [-0.25, -0.2) is 18.0 Å². The van der Waals surface area contributed by atoms with Gasteiger partial charge < -0.3 is 16.2 Å². The third kappa shape index (κ3) is 5.37. The van der Waals surface area contributed by atoms with Crippen LogP contribution in [-0.4, -0.2) is 45.9 Å². The van der Waals surface area contributed by atoms with Crippen molar-refractivity contribution in [2.24, 2.45) is 11.1 Å². The lowest BCUT2D eigenvalue weighted by Crippen LogP contribution is -2.49. The molecule has 2 aromatic rings. The molecular formula is C25H29F3N3O3+. The van der Waals surface area contributed by atoms with E-state index in [1.165, 1.54) is 16.7 Å². The summed E-state index contributed by atoms with van der Waals surface area (Å²) in [5, 5.41) is 12.9. The van der Waals surface area contributed by atoms with E-state index in [2.05, 4.69) is 5.32 Å². The molecule has 4 N–H and O–H groups in total. The molecule has 1 aliphatic rings. The van der Waals surface area contributed by atoms with Gasteiger partial charge in [-0.3, -0.25) is 4.79 Å². The lowest BCUT2D eigenvalue weighted by Gasteiger charge is -2.23. The maximum absolute atomic E-state index is 14.1. The number of rotatable bonds is 5. The maximum Gasteiger partial charge on any atom is 0.404 e. The molecule has 182 valence electrons. The minimum atomic E-state index is -1.01. The zero-order chi connectivity index (χ0) is 25.4. The van der Waals surface area contributed by atoms with E-state index < -0.39 is 52.9 Å². The molecule has 2 amide bonds. The topological polar surface area (TPSA) is 95.4 Å². The SMILES string of the molecule is C[C@H](NC(=O)C1=[N+](C(=O)[C@@H](N)C(C)(C)C)C[C@H](O)C1)c1ccc(-c2c(F)cc(F)cc2F)cc1. The Morgan fingerprint density at radius 2 is 1.68 bits per heavy atom. The van der Waals surface area contributed by atoms with Crippen LogP contribution in [-0.2, 0) is 9.59 Å². The number of carbonyl (C=O) groups excluding carboxylic acids is 2. The summed E-state index contributed by atoms with van der Waals surface area (Å²) in [6.45, 7) is 7.15. The van der Waals surface area contributed by atoms with Crippen LogP contribution in [0.5, 0.6) is 0 Å². The molecule has 34 heavy (non-hydrogen) atoms. The number of aliphatic hydroxyl groups is 1. The molecule has 0 saturated carbocycles. The minimum absolute atomic E-state index is 0.0107. The minimum Gasteiger partial charge on any atom is -0.386 e. The largest absolute Gasteiger partial charge is 0.404 e. The monoisotopic (exact) mass is 476 g/mol. The van der Waals surface area contributed by atoms with Gasteiger partial charge in [0.1, 0.15) is 29.6 Å². The van der Waals surface area contributed by atoms with E-state index in [9.17, 15) is 27.9 Å². The van der Waals surface area contributed by atoms with Gasteiger partial charge in [0.2, 0.25) is 0 Å². The van der Waals surface area contributed by atoms with Gasteiger partial charge in [-0.15, -0.1) is 0 Å². The number of benzene rings is 2. The summed E-state index contributed by atoms with van der Waals surface area (Å²) in [6.07, 6.45) is -0.851. The lowest BCUT2D eigenvalue weighted by atomic mass is 9.87. The fraction of sp³-hybridized carbons (Fsp3) is 0.400. The van der Waals surface area contributed by atoms with E-state index in [1.54, 1.807) is 19.1 Å². The van der Waals surface area contributed by atoms with Gasteiger partial charge >= 0.3 is 11.8 Å². The zero-order valence-corrected chi connectivity index (χ0v) is 19.5. The Morgan fingerprint density at radius 1 is 1.12 bits per heavy atom. The Morgan fingerprint density at radius 3 is 2.21 bits per heavy atom. The van der Waals surface area contributed by atoms with Crippen molar-refractivity contribution in [1.82, 2.24) is 5.32 Å². The molecule has 0 spiro atoms. The summed E-state index contributed by atoms with van der Waals surface area (Å²) in [5.74, 6) is -3.98. The molecule has 1 aliphatic heterocycles. The zero-order valence-electron chi connectivity index (χ0n) is 19.5. The van der Waals surface area contributed by atoms with Gasteiger partial charge in [-0.1, -0.05) is 45.0 Å². The molecule has 0 fully saturated rings. The van der Waals surface area contributed by atoms with Crippen molar-refractivity contribution in [3.8, 4) is 11.1 Å². The van der Waals surface area contributed by atoms with Gasteiger partial charge in [0.15, 0.2) is 6.54 Å². The van der Waals surface area contributed by atoms with Gasteiger partial charge in [0.25, 0.3) is 5.71 Å². The number of carbonyl (C=O) groups is 2. The molecule has 0 unspecified atom stereocenters. The van der Waals surface area contributed by atoms with E-state index in [0.29, 0.717) is 17.7 Å². The molecule has 3 rings (SSSR count). The summed E-state index contributed by atoms with van der Waals surface area (Å²) in [5.41, 5.74) is 6.21. The van der Waals surface area contributed by atoms with Crippen LogP contribution in [0.25, 0.3) is 11.1 Å². The molecule has 0 aliphatic carbocycles. The Hall–Kier alpha value is -3.04. The third-order valence-electron chi connectivity index (χ3n) is 5.93. The van der Waals surface area contributed by atoms with E-state index >= 15 is 0 Å². The molecule has 0 aromatic heterocycles. The second-order valence-corrected chi connectivity index (χ2v) is 9.66. The van der Waals surface area contributed by atoms with Crippen molar-refractivity contribution in [1.29, 1.82) is 0 Å². The second kappa shape index (κ2) is 9.68. The highest BCUT2D eigenvalue weighted by Crippen LogP contribution is 2.28. The average Bonchev–Trinajstić information content (AvgIpc) is 3.13. The number of β-amino-alcohol motifs (C(OH)–C–C–N with tert-alkyl or cyclic N) is 1. The molecular weight excluding hydrogens is 447 g/mol. The molecule has 0 bridgehead atoms. The quantitative estimate of drug-likeness (QED) is 0.578. The Balaban J connectivity index is 1.79. The van der Waals surface area contributed by atoms with Gasteiger partial charge in [-0.2, -0.15) is 4.58 Å². The van der Waals surface area contributed by atoms with Crippen LogP contribution in [0.4, 0.5) is 13.2 Å².